The molecule has 1 aromatic carbocycles. The normalized spacial score (nSPS) is 10.1. The molecule has 92 valence electrons. The van der Waals surface area contributed by atoms with Gasteiger partial charge < -0.3 is 11.1 Å². The number of benzene rings is 1. The smallest absolute Gasteiger partial charge is 0.257 e. The Balaban J connectivity index is 2.27. The lowest BCUT2D eigenvalue weighted by atomic mass is 10.2. The number of pyridine rings is 1. The average molecular weight is 266 g/mol. The highest BCUT2D eigenvalue weighted by atomic mass is 35.5. The molecule has 0 aliphatic rings. The molecule has 0 saturated carbocycles. The Morgan fingerprint density at radius 3 is 2.83 bits per heavy atom. The molecule has 4 nitrogen and oxygen atoms in total. The number of nitrogen functional groups attached to an aromatic ring is 1. The number of hydrogen-bond acceptors (Lipinski definition) is 3. The summed E-state index contributed by atoms with van der Waals surface area (Å²) >= 11 is 5.91. The maximum absolute atomic E-state index is 12.9. The summed E-state index contributed by atoms with van der Waals surface area (Å²) in [4.78, 5) is 15.4. The molecule has 0 aliphatic heterocycles. The minimum Gasteiger partial charge on any atom is -0.397 e. The van der Waals surface area contributed by atoms with Crippen molar-refractivity contribution in [3.8, 4) is 0 Å². The van der Waals surface area contributed by atoms with Crippen LogP contribution in [0.15, 0.2) is 36.7 Å². The van der Waals surface area contributed by atoms with Crippen LogP contribution in [0, 0.1) is 5.82 Å². The second kappa shape index (κ2) is 5.01. The van der Waals surface area contributed by atoms with Crippen molar-refractivity contribution < 1.29 is 9.18 Å². The van der Waals surface area contributed by atoms with Crippen molar-refractivity contribution in [1.29, 1.82) is 0 Å². The molecule has 1 heterocycles. The van der Waals surface area contributed by atoms with Crippen LogP contribution in [0.4, 0.5) is 15.8 Å². The largest absolute Gasteiger partial charge is 0.397 e. The van der Waals surface area contributed by atoms with Crippen LogP contribution in [0.3, 0.4) is 0 Å². The lowest BCUT2D eigenvalue weighted by Crippen LogP contribution is -2.14. The van der Waals surface area contributed by atoms with Gasteiger partial charge >= 0.3 is 0 Å². The maximum atomic E-state index is 12.9. The molecule has 3 N–H and O–H groups in total. The van der Waals surface area contributed by atoms with E-state index in [1.807, 2.05) is 0 Å². The van der Waals surface area contributed by atoms with Crippen molar-refractivity contribution in [3.05, 3.63) is 53.1 Å². The van der Waals surface area contributed by atoms with Crippen LogP contribution in [0.1, 0.15) is 10.4 Å². The molecular weight excluding hydrogens is 257 g/mol. The molecule has 0 radical (unpaired) electrons. The van der Waals surface area contributed by atoms with Gasteiger partial charge in [-0.2, -0.15) is 0 Å². The van der Waals surface area contributed by atoms with E-state index in [2.05, 4.69) is 10.3 Å². The van der Waals surface area contributed by atoms with E-state index in [0.717, 1.165) is 12.3 Å². The van der Waals surface area contributed by atoms with Crippen LogP contribution in [-0.2, 0) is 0 Å². The number of rotatable bonds is 2. The van der Waals surface area contributed by atoms with E-state index >= 15 is 0 Å². The van der Waals surface area contributed by atoms with Gasteiger partial charge in [0.05, 0.1) is 28.2 Å². The van der Waals surface area contributed by atoms with Crippen LogP contribution in [-0.4, -0.2) is 10.9 Å². The average Bonchev–Trinajstić information content (AvgIpc) is 2.34. The summed E-state index contributed by atoms with van der Waals surface area (Å²) in [6.07, 6.45) is 2.27. The molecule has 1 amide bonds. The molecule has 1 aromatic heterocycles. The van der Waals surface area contributed by atoms with Crippen molar-refractivity contribution >= 4 is 28.9 Å². The summed E-state index contributed by atoms with van der Waals surface area (Å²) in [6.45, 7) is 0. The topological polar surface area (TPSA) is 68.0 Å². The summed E-state index contributed by atoms with van der Waals surface area (Å²) in [6, 6.07) is 5.94. The van der Waals surface area contributed by atoms with Crippen molar-refractivity contribution in [2.75, 3.05) is 11.1 Å². The number of nitrogens with two attached hydrogens (primary N) is 1. The summed E-state index contributed by atoms with van der Waals surface area (Å²) < 4.78 is 12.9. The SMILES string of the molecule is Nc1cccc(Cl)c1NC(=O)c1cncc(F)c1. The highest BCUT2D eigenvalue weighted by Crippen LogP contribution is 2.28. The van der Waals surface area contributed by atoms with Crippen LogP contribution in [0.2, 0.25) is 5.02 Å². The maximum Gasteiger partial charge on any atom is 0.257 e. The Bertz CT molecular complexity index is 583. The number of anilines is 2. The molecular formula is C12H9ClFN3O. The van der Waals surface area contributed by atoms with Gasteiger partial charge in [-0.3, -0.25) is 9.78 Å². The predicted octanol–water partition coefficient (Wildman–Crippen LogP) is 2.71. The fourth-order valence-corrected chi connectivity index (χ4v) is 1.62. The third-order valence-corrected chi connectivity index (χ3v) is 2.57. The van der Waals surface area contributed by atoms with Gasteiger partial charge in [0, 0.05) is 6.20 Å². The molecule has 0 saturated heterocycles. The van der Waals surface area contributed by atoms with Gasteiger partial charge in [0.1, 0.15) is 5.82 Å². The monoisotopic (exact) mass is 265 g/mol. The highest BCUT2D eigenvalue weighted by molar-refractivity contribution is 6.34. The van der Waals surface area contributed by atoms with Crippen LogP contribution in [0.5, 0.6) is 0 Å². The van der Waals surface area contributed by atoms with Gasteiger partial charge in [0.25, 0.3) is 5.91 Å². The Morgan fingerprint density at radius 2 is 2.17 bits per heavy atom. The molecule has 0 spiro atoms. The van der Waals surface area contributed by atoms with E-state index in [1.54, 1.807) is 18.2 Å². The fourth-order valence-electron chi connectivity index (χ4n) is 1.39. The number of carbonyl (C=O) groups excluding carboxylic acids is 1. The third kappa shape index (κ3) is 2.57. The Morgan fingerprint density at radius 1 is 1.39 bits per heavy atom. The number of hydrogen-bond donors (Lipinski definition) is 2. The van der Waals surface area contributed by atoms with Gasteiger partial charge in [-0.05, 0) is 18.2 Å². The lowest BCUT2D eigenvalue weighted by molar-refractivity contribution is 0.102. The third-order valence-electron chi connectivity index (χ3n) is 2.25. The van der Waals surface area contributed by atoms with Crippen molar-refractivity contribution in [3.63, 3.8) is 0 Å². The molecule has 6 heteroatoms. The number of nitrogens with one attached hydrogen (secondary N) is 1. The number of nitrogens with zero attached hydrogens (tertiary/aromatic N) is 1. The molecule has 2 aromatic rings. The molecule has 0 bridgehead atoms. The summed E-state index contributed by atoms with van der Waals surface area (Å²) in [5.74, 6) is -1.11. The Labute approximate surface area is 108 Å². The first-order chi connectivity index (χ1) is 8.58. The molecule has 0 aliphatic carbocycles. The number of aromatic nitrogens is 1. The van der Waals surface area contributed by atoms with E-state index in [1.165, 1.54) is 6.20 Å². The summed E-state index contributed by atoms with van der Waals surface area (Å²) in [7, 11) is 0. The first-order valence-corrected chi connectivity index (χ1v) is 5.41. The molecule has 0 unspecified atom stereocenters. The second-order valence-electron chi connectivity index (χ2n) is 3.55. The van der Waals surface area contributed by atoms with Crippen LogP contribution >= 0.6 is 11.6 Å². The molecule has 0 fully saturated rings. The lowest BCUT2D eigenvalue weighted by Gasteiger charge is -2.09. The van der Waals surface area contributed by atoms with Gasteiger partial charge in [-0.15, -0.1) is 0 Å². The van der Waals surface area contributed by atoms with E-state index in [-0.39, 0.29) is 5.56 Å². The first kappa shape index (κ1) is 12.3. The van der Waals surface area contributed by atoms with E-state index in [4.69, 9.17) is 17.3 Å². The number of carbonyl (C=O) groups is 1. The van der Waals surface area contributed by atoms with Gasteiger partial charge in [0.15, 0.2) is 0 Å². The molecule has 0 atom stereocenters. The Kier molecular flexibility index (Phi) is 3.43. The highest BCUT2D eigenvalue weighted by Gasteiger charge is 2.11. The zero-order chi connectivity index (χ0) is 13.1. The zero-order valence-corrected chi connectivity index (χ0v) is 9.91. The van der Waals surface area contributed by atoms with Crippen molar-refractivity contribution in [2.24, 2.45) is 0 Å². The van der Waals surface area contributed by atoms with Gasteiger partial charge in [-0.1, -0.05) is 17.7 Å². The molecule has 2 rings (SSSR count). The minimum atomic E-state index is -0.588. The molecule has 18 heavy (non-hydrogen) atoms. The van der Waals surface area contributed by atoms with Crippen LogP contribution in [0.25, 0.3) is 0 Å². The summed E-state index contributed by atoms with van der Waals surface area (Å²) in [5.41, 5.74) is 6.41. The second-order valence-corrected chi connectivity index (χ2v) is 3.96. The zero-order valence-electron chi connectivity index (χ0n) is 9.15. The number of halogens is 2. The minimum absolute atomic E-state index is 0.0920. The first-order valence-electron chi connectivity index (χ1n) is 5.04. The predicted molar refractivity (Wildman–Crippen MR) is 68.0 cm³/mol. The van der Waals surface area contributed by atoms with Crippen molar-refractivity contribution in [2.45, 2.75) is 0 Å². The fraction of sp³-hybridized carbons (Fsp3) is 0. The van der Waals surface area contributed by atoms with Gasteiger partial charge in [0.2, 0.25) is 0 Å². The Hall–Kier alpha value is -2.14. The van der Waals surface area contributed by atoms with E-state index < -0.39 is 11.7 Å². The number of amides is 1. The van der Waals surface area contributed by atoms with Crippen molar-refractivity contribution in [1.82, 2.24) is 4.98 Å². The number of para-hydroxylation sites is 1. The van der Waals surface area contributed by atoms with E-state index in [9.17, 15) is 9.18 Å². The standard InChI is InChI=1S/C12H9ClFN3O/c13-9-2-1-3-10(15)11(9)17-12(18)7-4-8(14)6-16-5-7/h1-6H,15H2,(H,17,18). The quantitative estimate of drug-likeness (QED) is 0.821. The summed E-state index contributed by atoms with van der Waals surface area (Å²) in [5, 5.41) is 2.83. The van der Waals surface area contributed by atoms with Crippen LogP contribution < -0.4 is 11.1 Å². The van der Waals surface area contributed by atoms with Gasteiger partial charge in [-0.25, -0.2) is 4.39 Å². The van der Waals surface area contributed by atoms with E-state index in [0.29, 0.717) is 16.4 Å².